The van der Waals surface area contributed by atoms with E-state index in [1.807, 2.05) is 54.6 Å². The molecule has 1 fully saturated rings. The molecule has 0 amide bonds. The first kappa shape index (κ1) is 17.7. The van der Waals surface area contributed by atoms with Gasteiger partial charge >= 0.3 is 0 Å². The van der Waals surface area contributed by atoms with Crippen LogP contribution in [0.15, 0.2) is 54.6 Å². The average molecular weight is 344 g/mol. The number of hydrogen-bond acceptors (Lipinski definition) is 4. The fourth-order valence-corrected chi connectivity index (χ4v) is 2.82. The quantitative estimate of drug-likeness (QED) is 0.748. The van der Waals surface area contributed by atoms with Crippen molar-refractivity contribution in [2.75, 3.05) is 39.5 Å². The van der Waals surface area contributed by atoms with Gasteiger partial charge in [0.15, 0.2) is 0 Å². The first-order chi connectivity index (χ1) is 12.3. The van der Waals surface area contributed by atoms with Crippen LogP contribution >= 0.6 is 0 Å². The highest BCUT2D eigenvalue weighted by atomic mass is 16.5. The minimum absolute atomic E-state index is 0.300. The fraction of sp³-hybridized carbons (Fsp3) is 0.400. The topological polar surface area (TPSA) is 52.4 Å². The summed E-state index contributed by atoms with van der Waals surface area (Å²) in [6.07, 6.45) is -0.470. The van der Waals surface area contributed by atoms with Crippen LogP contribution in [0.5, 0.6) is 11.5 Å². The van der Waals surface area contributed by atoms with Gasteiger partial charge in [0, 0.05) is 0 Å². The van der Waals surface area contributed by atoms with E-state index in [4.69, 9.17) is 14.2 Å². The average Bonchev–Trinajstić information content (AvgIpc) is 2.67. The molecule has 1 aliphatic heterocycles. The lowest BCUT2D eigenvalue weighted by molar-refractivity contribution is -0.911. The standard InChI is InChI=1S/C20H25NO4/c22-18(14-21-10-12-23-13-11-21)16-25-20-8-6-19(7-9-20)24-15-17-4-2-1-3-5-17/h1-9,18,22H,10-16H2/p+1/t18-/m1/s1. The van der Waals surface area contributed by atoms with Gasteiger partial charge in [-0.2, -0.15) is 0 Å². The van der Waals surface area contributed by atoms with Gasteiger partial charge in [0.25, 0.3) is 0 Å². The van der Waals surface area contributed by atoms with Crippen molar-refractivity contribution in [3.8, 4) is 11.5 Å². The third kappa shape index (κ3) is 6.05. The van der Waals surface area contributed by atoms with E-state index < -0.39 is 6.10 Å². The lowest BCUT2D eigenvalue weighted by Gasteiger charge is -2.25. The molecule has 0 unspecified atom stereocenters. The van der Waals surface area contributed by atoms with Gasteiger partial charge in [-0.1, -0.05) is 30.3 Å². The van der Waals surface area contributed by atoms with E-state index in [2.05, 4.69) is 0 Å². The first-order valence-electron chi connectivity index (χ1n) is 8.78. The Morgan fingerprint density at radius 1 is 0.920 bits per heavy atom. The number of quaternary nitrogens is 1. The molecule has 2 aromatic carbocycles. The molecule has 1 atom stereocenters. The van der Waals surface area contributed by atoms with Gasteiger partial charge in [0.1, 0.15) is 50.5 Å². The van der Waals surface area contributed by atoms with Gasteiger partial charge in [-0.3, -0.25) is 0 Å². The number of nitrogens with one attached hydrogen (secondary N) is 1. The Morgan fingerprint density at radius 3 is 2.24 bits per heavy atom. The van der Waals surface area contributed by atoms with E-state index in [9.17, 15) is 5.11 Å². The molecule has 0 saturated carbocycles. The van der Waals surface area contributed by atoms with E-state index >= 15 is 0 Å². The Hall–Kier alpha value is -2.08. The molecule has 1 aliphatic rings. The van der Waals surface area contributed by atoms with Crippen molar-refractivity contribution in [3.63, 3.8) is 0 Å². The minimum Gasteiger partial charge on any atom is -0.491 e. The zero-order valence-electron chi connectivity index (χ0n) is 14.4. The highest BCUT2D eigenvalue weighted by Gasteiger charge is 2.18. The van der Waals surface area contributed by atoms with Gasteiger partial charge in [-0.25, -0.2) is 0 Å². The third-order valence-corrected chi connectivity index (χ3v) is 4.24. The van der Waals surface area contributed by atoms with Crippen LogP contribution in [-0.2, 0) is 11.3 Å². The molecule has 0 aromatic heterocycles. The first-order valence-corrected chi connectivity index (χ1v) is 8.78. The van der Waals surface area contributed by atoms with Crippen LogP contribution < -0.4 is 14.4 Å². The molecule has 5 heteroatoms. The molecule has 1 saturated heterocycles. The number of aliphatic hydroxyl groups excluding tert-OH is 1. The highest BCUT2D eigenvalue weighted by Crippen LogP contribution is 2.18. The summed E-state index contributed by atoms with van der Waals surface area (Å²) >= 11 is 0. The van der Waals surface area contributed by atoms with E-state index in [1.54, 1.807) is 0 Å². The molecule has 5 nitrogen and oxygen atoms in total. The van der Waals surface area contributed by atoms with Crippen LogP contribution in [0, 0.1) is 0 Å². The Bertz CT molecular complexity index is 611. The molecule has 25 heavy (non-hydrogen) atoms. The number of ether oxygens (including phenoxy) is 3. The van der Waals surface area contributed by atoms with Gasteiger partial charge in [-0.15, -0.1) is 0 Å². The zero-order chi connectivity index (χ0) is 17.3. The van der Waals surface area contributed by atoms with Crippen LogP contribution in [0.1, 0.15) is 5.56 Å². The normalized spacial score (nSPS) is 16.4. The van der Waals surface area contributed by atoms with Crippen LogP contribution in [0.2, 0.25) is 0 Å². The summed E-state index contributed by atoms with van der Waals surface area (Å²) in [6, 6.07) is 17.6. The molecule has 0 bridgehead atoms. The number of morpholine rings is 1. The van der Waals surface area contributed by atoms with Crippen molar-refractivity contribution in [1.82, 2.24) is 0 Å². The molecule has 1 heterocycles. The van der Waals surface area contributed by atoms with Crippen LogP contribution in [0.3, 0.4) is 0 Å². The highest BCUT2D eigenvalue weighted by molar-refractivity contribution is 5.31. The maximum atomic E-state index is 10.1. The Kier molecular flexibility index (Phi) is 6.68. The van der Waals surface area contributed by atoms with Gasteiger partial charge in [0.05, 0.1) is 13.2 Å². The van der Waals surface area contributed by atoms with Crippen LogP contribution in [0.25, 0.3) is 0 Å². The smallest absolute Gasteiger partial charge is 0.137 e. The molecule has 0 radical (unpaired) electrons. The summed E-state index contributed by atoms with van der Waals surface area (Å²) in [5, 5.41) is 10.1. The van der Waals surface area contributed by atoms with E-state index in [0.717, 1.165) is 43.4 Å². The van der Waals surface area contributed by atoms with E-state index in [1.165, 1.54) is 4.90 Å². The summed E-state index contributed by atoms with van der Waals surface area (Å²) in [5.41, 5.74) is 1.14. The van der Waals surface area contributed by atoms with E-state index in [0.29, 0.717) is 19.8 Å². The van der Waals surface area contributed by atoms with Crippen LogP contribution in [0.4, 0.5) is 0 Å². The summed E-state index contributed by atoms with van der Waals surface area (Å²) in [5.74, 6) is 1.54. The minimum atomic E-state index is -0.470. The van der Waals surface area contributed by atoms with Gasteiger partial charge < -0.3 is 24.2 Å². The van der Waals surface area contributed by atoms with Crippen molar-refractivity contribution < 1.29 is 24.2 Å². The number of hydrogen-bond donors (Lipinski definition) is 2. The van der Waals surface area contributed by atoms with Crippen molar-refractivity contribution in [2.24, 2.45) is 0 Å². The molecule has 0 aliphatic carbocycles. The van der Waals surface area contributed by atoms with Crippen molar-refractivity contribution in [3.05, 3.63) is 60.2 Å². The number of benzene rings is 2. The second kappa shape index (κ2) is 9.42. The predicted molar refractivity (Wildman–Crippen MR) is 95.1 cm³/mol. The third-order valence-electron chi connectivity index (χ3n) is 4.24. The summed E-state index contributed by atoms with van der Waals surface area (Å²) in [7, 11) is 0. The molecule has 2 aromatic rings. The zero-order valence-corrected chi connectivity index (χ0v) is 14.4. The molecular formula is C20H26NO4+. The number of aliphatic hydroxyl groups is 1. The second-order valence-electron chi connectivity index (χ2n) is 6.28. The molecular weight excluding hydrogens is 318 g/mol. The van der Waals surface area contributed by atoms with Crippen molar-refractivity contribution in [1.29, 1.82) is 0 Å². The van der Waals surface area contributed by atoms with Crippen molar-refractivity contribution >= 4 is 0 Å². The molecule has 2 N–H and O–H groups in total. The number of rotatable bonds is 8. The SMILES string of the molecule is O[C@@H](COc1ccc(OCc2ccccc2)cc1)C[NH+]1CCOCC1. The summed E-state index contributed by atoms with van der Waals surface area (Å²) < 4.78 is 16.8. The Balaban J connectivity index is 1.39. The maximum absolute atomic E-state index is 10.1. The Labute approximate surface area is 148 Å². The molecule has 3 rings (SSSR count). The summed E-state index contributed by atoms with van der Waals surface area (Å²) in [6.45, 7) is 4.98. The van der Waals surface area contributed by atoms with Gasteiger partial charge in [-0.05, 0) is 29.8 Å². The summed E-state index contributed by atoms with van der Waals surface area (Å²) in [4.78, 5) is 1.37. The van der Waals surface area contributed by atoms with Crippen molar-refractivity contribution in [2.45, 2.75) is 12.7 Å². The maximum Gasteiger partial charge on any atom is 0.137 e. The van der Waals surface area contributed by atoms with E-state index in [-0.39, 0.29) is 0 Å². The second-order valence-corrected chi connectivity index (χ2v) is 6.28. The Morgan fingerprint density at radius 2 is 1.56 bits per heavy atom. The lowest BCUT2D eigenvalue weighted by atomic mass is 10.2. The largest absolute Gasteiger partial charge is 0.491 e. The lowest BCUT2D eigenvalue weighted by Crippen LogP contribution is -3.15. The predicted octanol–water partition coefficient (Wildman–Crippen LogP) is 0.920. The molecule has 0 spiro atoms. The van der Waals surface area contributed by atoms with Gasteiger partial charge in [0.2, 0.25) is 0 Å². The molecule has 134 valence electrons. The monoisotopic (exact) mass is 344 g/mol. The van der Waals surface area contributed by atoms with Crippen LogP contribution in [-0.4, -0.2) is 50.7 Å². The fourth-order valence-electron chi connectivity index (χ4n) is 2.82.